The summed E-state index contributed by atoms with van der Waals surface area (Å²) in [6.07, 6.45) is -0.476. The first kappa shape index (κ1) is 14.5. The monoisotopic (exact) mass is 251 g/mol. The van der Waals surface area contributed by atoms with Crippen molar-refractivity contribution in [1.29, 1.82) is 0 Å². The number of aliphatic hydroxyl groups is 1. The van der Waals surface area contributed by atoms with E-state index in [4.69, 9.17) is 9.84 Å². The lowest BCUT2D eigenvalue weighted by molar-refractivity contribution is 0.0636. The highest BCUT2D eigenvalue weighted by molar-refractivity contribution is 5.84. The van der Waals surface area contributed by atoms with Crippen molar-refractivity contribution in [3.8, 4) is 0 Å². The lowest BCUT2D eigenvalue weighted by Crippen LogP contribution is -2.27. The molecule has 0 radical (unpaired) electrons. The largest absolute Gasteiger partial charge is 0.444 e. The molecule has 1 unspecified atom stereocenters. The summed E-state index contributed by atoms with van der Waals surface area (Å²) < 4.78 is 5.17. The maximum Gasteiger partial charge on any atom is 0.412 e. The highest BCUT2D eigenvalue weighted by Gasteiger charge is 2.16. The van der Waals surface area contributed by atoms with Gasteiger partial charge in [0.2, 0.25) is 0 Å². The highest BCUT2D eigenvalue weighted by Crippen LogP contribution is 2.19. The second-order valence-electron chi connectivity index (χ2n) is 5.34. The SMILES string of the molecule is CC(CO)c1cccc(NC(=O)OC(C)(C)C)c1. The summed E-state index contributed by atoms with van der Waals surface area (Å²) >= 11 is 0. The van der Waals surface area contributed by atoms with Crippen molar-refractivity contribution in [2.24, 2.45) is 0 Å². The fourth-order valence-electron chi connectivity index (χ4n) is 1.45. The molecule has 0 saturated carbocycles. The molecular weight excluding hydrogens is 230 g/mol. The Kier molecular flexibility index (Phi) is 4.73. The number of ether oxygens (including phenoxy) is 1. The second-order valence-corrected chi connectivity index (χ2v) is 5.34. The molecule has 0 aliphatic rings. The molecule has 0 aliphatic carbocycles. The minimum absolute atomic E-state index is 0.0467. The van der Waals surface area contributed by atoms with Crippen LogP contribution in [0.2, 0.25) is 0 Å². The Bertz CT molecular complexity index is 410. The van der Waals surface area contributed by atoms with E-state index in [1.54, 1.807) is 6.07 Å². The van der Waals surface area contributed by atoms with Crippen molar-refractivity contribution in [3.05, 3.63) is 29.8 Å². The average molecular weight is 251 g/mol. The molecular formula is C14H21NO3. The first-order valence-electron chi connectivity index (χ1n) is 6.02. The Hall–Kier alpha value is -1.55. The molecule has 100 valence electrons. The van der Waals surface area contributed by atoms with Gasteiger partial charge < -0.3 is 9.84 Å². The number of carbonyl (C=O) groups excluding carboxylic acids is 1. The van der Waals surface area contributed by atoms with Crippen LogP contribution in [0.5, 0.6) is 0 Å². The smallest absolute Gasteiger partial charge is 0.412 e. The molecule has 18 heavy (non-hydrogen) atoms. The summed E-state index contributed by atoms with van der Waals surface area (Å²) in [6.45, 7) is 7.45. The number of rotatable bonds is 3. The molecule has 4 nitrogen and oxygen atoms in total. The normalized spacial score (nSPS) is 12.9. The van der Waals surface area contributed by atoms with Crippen molar-refractivity contribution >= 4 is 11.8 Å². The zero-order valence-electron chi connectivity index (χ0n) is 11.4. The summed E-state index contributed by atoms with van der Waals surface area (Å²) in [5.41, 5.74) is 1.13. The number of nitrogens with one attached hydrogen (secondary N) is 1. The van der Waals surface area contributed by atoms with Crippen LogP contribution in [0.25, 0.3) is 0 Å². The van der Waals surface area contributed by atoms with Crippen LogP contribution in [0.15, 0.2) is 24.3 Å². The van der Waals surface area contributed by atoms with Gasteiger partial charge in [-0.3, -0.25) is 5.32 Å². The van der Waals surface area contributed by atoms with Crippen LogP contribution in [0.4, 0.5) is 10.5 Å². The highest BCUT2D eigenvalue weighted by atomic mass is 16.6. The van der Waals surface area contributed by atoms with Gasteiger partial charge in [0.05, 0.1) is 0 Å². The Morgan fingerprint density at radius 2 is 2.11 bits per heavy atom. The molecule has 1 aromatic rings. The molecule has 1 atom stereocenters. The zero-order valence-corrected chi connectivity index (χ0v) is 11.4. The average Bonchev–Trinajstić information content (AvgIpc) is 2.25. The number of hydrogen-bond donors (Lipinski definition) is 2. The Labute approximate surface area is 108 Å². The number of amides is 1. The van der Waals surface area contributed by atoms with Crippen LogP contribution in [-0.4, -0.2) is 23.4 Å². The van der Waals surface area contributed by atoms with Gasteiger partial charge in [-0.1, -0.05) is 19.1 Å². The molecule has 0 aromatic heterocycles. The Balaban J connectivity index is 2.71. The molecule has 1 rings (SSSR count). The molecule has 0 aliphatic heterocycles. The lowest BCUT2D eigenvalue weighted by Gasteiger charge is -2.20. The van der Waals surface area contributed by atoms with Gasteiger partial charge in [0.15, 0.2) is 0 Å². The van der Waals surface area contributed by atoms with Gasteiger partial charge in [0.25, 0.3) is 0 Å². The van der Waals surface area contributed by atoms with Crippen LogP contribution in [0.3, 0.4) is 0 Å². The number of hydrogen-bond acceptors (Lipinski definition) is 3. The molecule has 0 fully saturated rings. The van der Waals surface area contributed by atoms with E-state index in [9.17, 15) is 4.79 Å². The molecule has 0 bridgehead atoms. The number of benzene rings is 1. The van der Waals surface area contributed by atoms with Crippen molar-refractivity contribution < 1.29 is 14.6 Å². The van der Waals surface area contributed by atoms with E-state index in [2.05, 4.69) is 5.32 Å². The van der Waals surface area contributed by atoms with E-state index in [0.29, 0.717) is 5.69 Å². The van der Waals surface area contributed by atoms with Gasteiger partial charge in [-0.15, -0.1) is 0 Å². The molecule has 0 heterocycles. The van der Waals surface area contributed by atoms with Crippen LogP contribution in [-0.2, 0) is 4.74 Å². The van der Waals surface area contributed by atoms with Crippen molar-refractivity contribution in [2.75, 3.05) is 11.9 Å². The minimum atomic E-state index is -0.514. The summed E-state index contributed by atoms with van der Waals surface area (Å²) in [5, 5.41) is 11.8. The molecule has 0 spiro atoms. The lowest BCUT2D eigenvalue weighted by atomic mass is 10.0. The van der Waals surface area contributed by atoms with Gasteiger partial charge in [-0.25, -0.2) is 4.79 Å². The van der Waals surface area contributed by atoms with Crippen molar-refractivity contribution in [1.82, 2.24) is 0 Å². The fraction of sp³-hybridized carbons (Fsp3) is 0.500. The van der Waals surface area contributed by atoms with Crippen LogP contribution >= 0.6 is 0 Å². The second kappa shape index (κ2) is 5.87. The minimum Gasteiger partial charge on any atom is -0.444 e. The topological polar surface area (TPSA) is 58.6 Å². The first-order valence-corrected chi connectivity index (χ1v) is 6.02. The van der Waals surface area contributed by atoms with Crippen LogP contribution < -0.4 is 5.32 Å². The van der Waals surface area contributed by atoms with Gasteiger partial charge >= 0.3 is 6.09 Å². The maximum atomic E-state index is 11.6. The third-order valence-corrected chi connectivity index (χ3v) is 2.37. The third-order valence-electron chi connectivity index (χ3n) is 2.37. The zero-order chi connectivity index (χ0) is 13.8. The number of aliphatic hydroxyl groups excluding tert-OH is 1. The van der Waals surface area contributed by atoms with Gasteiger partial charge in [0.1, 0.15) is 5.60 Å². The summed E-state index contributed by atoms with van der Waals surface area (Å²) in [4.78, 5) is 11.6. The van der Waals surface area contributed by atoms with E-state index in [1.807, 2.05) is 45.9 Å². The summed E-state index contributed by atoms with van der Waals surface area (Å²) in [5.74, 6) is 0.0467. The molecule has 2 N–H and O–H groups in total. The van der Waals surface area contributed by atoms with E-state index >= 15 is 0 Å². The van der Waals surface area contributed by atoms with E-state index in [-0.39, 0.29) is 12.5 Å². The molecule has 4 heteroatoms. The summed E-state index contributed by atoms with van der Waals surface area (Å²) in [7, 11) is 0. The maximum absolute atomic E-state index is 11.6. The van der Waals surface area contributed by atoms with Gasteiger partial charge in [0, 0.05) is 18.2 Å². The van der Waals surface area contributed by atoms with Crippen molar-refractivity contribution in [2.45, 2.75) is 39.2 Å². The Morgan fingerprint density at radius 1 is 1.44 bits per heavy atom. The quantitative estimate of drug-likeness (QED) is 0.867. The Morgan fingerprint density at radius 3 is 2.67 bits per heavy atom. The van der Waals surface area contributed by atoms with Gasteiger partial charge in [-0.05, 0) is 38.5 Å². The predicted octanol–water partition coefficient (Wildman–Crippen LogP) is 3.13. The number of carbonyl (C=O) groups is 1. The fourth-order valence-corrected chi connectivity index (χ4v) is 1.45. The predicted molar refractivity (Wildman–Crippen MR) is 71.8 cm³/mol. The number of anilines is 1. The van der Waals surface area contributed by atoms with Crippen LogP contribution in [0, 0.1) is 0 Å². The summed E-state index contributed by atoms with van der Waals surface area (Å²) in [6, 6.07) is 7.39. The van der Waals surface area contributed by atoms with E-state index < -0.39 is 11.7 Å². The van der Waals surface area contributed by atoms with Gasteiger partial charge in [-0.2, -0.15) is 0 Å². The third kappa shape index (κ3) is 4.75. The van der Waals surface area contributed by atoms with E-state index in [1.165, 1.54) is 0 Å². The van der Waals surface area contributed by atoms with Crippen molar-refractivity contribution in [3.63, 3.8) is 0 Å². The standard InChI is InChI=1S/C14H21NO3/c1-10(9-16)11-6-5-7-12(8-11)15-13(17)18-14(2,3)4/h5-8,10,16H,9H2,1-4H3,(H,15,17). The van der Waals surface area contributed by atoms with Crippen LogP contribution in [0.1, 0.15) is 39.2 Å². The van der Waals surface area contributed by atoms with E-state index in [0.717, 1.165) is 5.56 Å². The molecule has 1 amide bonds. The first-order chi connectivity index (χ1) is 8.31. The molecule has 0 saturated heterocycles. The molecule has 1 aromatic carbocycles.